The molecular weight excluding hydrogens is 260 g/mol. The van der Waals surface area contributed by atoms with E-state index >= 15 is 0 Å². The molecule has 108 valence electrons. The number of carboxylic acids is 1. The number of hydrogen-bond acceptors (Lipinski definition) is 3. The monoisotopic (exact) mass is 278 g/mol. The molecule has 2 N–H and O–H groups in total. The molecule has 1 unspecified atom stereocenters. The van der Waals surface area contributed by atoms with Crippen molar-refractivity contribution in [2.45, 2.75) is 13.0 Å². The van der Waals surface area contributed by atoms with Gasteiger partial charge in [-0.3, -0.25) is 4.79 Å². The van der Waals surface area contributed by atoms with Crippen molar-refractivity contribution in [2.75, 3.05) is 20.2 Å². The number of rotatable bonds is 4. The normalized spacial score (nSPS) is 17.9. The van der Waals surface area contributed by atoms with E-state index in [1.165, 1.54) is 0 Å². The standard InChI is InChI=1S/C14H18N2O4/c1-20-12-4-2-10(3-5-12)8-15-14(19)16-7-6-11(9-16)13(17)18/h2-5,11H,6-9H2,1H3,(H,15,19)(H,17,18). The molecule has 0 bridgehead atoms. The van der Waals surface area contributed by atoms with E-state index in [-0.39, 0.29) is 12.6 Å². The number of benzene rings is 1. The maximum absolute atomic E-state index is 11.9. The zero-order valence-electron chi connectivity index (χ0n) is 11.3. The van der Waals surface area contributed by atoms with E-state index in [2.05, 4.69) is 5.32 Å². The predicted molar refractivity (Wildman–Crippen MR) is 72.5 cm³/mol. The van der Waals surface area contributed by atoms with Gasteiger partial charge < -0.3 is 20.1 Å². The Morgan fingerprint density at radius 1 is 1.40 bits per heavy atom. The van der Waals surface area contributed by atoms with Crippen molar-refractivity contribution < 1.29 is 19.4 Å². The Morgan fingerprint density at radius 2 is 2.10 bits per heavy atom. The summed E-state index contributed by atoms with van der Waals surface area (Å²) in [7, 11) is 1.60. The Balaban J connectivity index is 1.81. The van der Waals surface area contributed by atoms with Gasteiger partial charge >= 0.3 is 12.0 Å². The van der Waals surface area contributed by atoms with E-state index in [1.54, 1.807) is 12.0 Å². The molecule has 2 amide bonds. The molecule has 2 rings (SSSR count). The highest BCUT2D eigenvalue weighted by atomic mass is 16.5. The molecule has 1 atom stereocenters. The van der Waals surface area contributed by atoms with Crippen LogP contribution in [0.1, 0.15) is 12.0 Å². The number of likely N-dealkylation sites (tertiary alicyclic amines) is 1. The minimum absolute atomic E-state index is 0.218. The number of hydrogen-bond donors (Lipinski definition) is 2. The van der Waals surface area contributed by atoms with Crippen LogP contribution in [0, 0.1) is 5.92 Å². The Labute approximate surface area is 117 Å². The summed E-state index contributed by atoms with van der Waals surface area (Å²) in [5.41, 5.74) is 0.966. The summed E-state index contributed by atoms with van der Waals surface area (Å²) in [6.07, 6.45) is 0.519. The minimum Gasteiger partial charge on any atom is -0.497 e. The first-order valence-electron chi connectivity index (χ1n) is 6.48. The third-order valence-corrected chi connectivity index (χ3v) is 3.43. The van der Waals surface area contributed by atoms with Gasteiger partial charge in [0.1, 0.15) is 5.75 Å². The van der Waals surface area contributed by atoms with Crippen LogP contribution in [-0.4, -0.2) is 42.2 Å². The van der Waals surface area contributed by atoms with Crippen molar-refractivity contribution in [3.63, 3.8) is 0 Å². The lowest BCUT2D eigenvalue weighted by Gasteiger charge is -2.16. The smallest absolute Gasteiger partial charge is 0.317 e. The van der Waals surface area contributed by atoms with Crippen LogP contribution in [0.3, 0.4) is 0 Å². The van der Waals surface area contributed by atoms with Gasteiger partial charge in [0.2, 0.25) is 0 Å². The van der Waals surface area contributed by atoms with Crippen LogP contribution >= 0.6 is 0 Å². The van der Waals surface area contributed by atoms with Gasteiger partial charge in [0.05, 0.1) is 13.0 Å². The second kappa shape index (κ2) is 6.27. The summed E-state index contributed by atoms with van der Waals surface area (Å²) < 4.78 is 5.06. The lowest BCUT2D eigenvalue weighted by atomic mass is 10.1. The second-order valence-electron chi connectivity index (χ2n) is 4.78. The first kappa shape index (κ1) is 14.2. The predicted octanol–water partition coefficient (Wildman–Crippen LogP) is 1.31. The van der Waals surface area contributed by atoms with Gasteiger partial charge in [0, 0.05) is 19.6 Å². The third-order valence-electron chi connectivity index (χ3n) is 3.43. The molecule has 1 aromatic rings. The molecule has 1 saturated heterocycles. The van der Waals surface area contributed by atoms with Crippen LogP contribution in [0.2, 0.25) is 0 Å². The molecule has 0 saturated carbocycles. The fourth-order valence-corrected chi connectivity index (χ4v) is 2.18. The van der Waals surface area contributed by atoms with Crippen LogP contribution in [0.4, 0.5) is 4.79 Å². The number of methoxy groups -OCH3 is 1. The van der Waals surface area contributed by atoms with Crippen molar-refractivity contribution in [3.8, 4) is 5.75 Å². The summed E-state index contributed by atoms with van der Waals surface area (Å²) in [5, 5.41) is 11.7. The Bertz CT molecular complexity index is 486. The molecule has 1 heterocycles. The Morgan fingerprint density at radius 3 is 2.65 bits per heavy atom. The number of aliphatic carboxylic acids is 1. The molecule has 20 heavy (non-hydrogen) atoms. The zero-order chi connectivity index (χ0) is 14.5. The van der Waals surface area contributed by atoms with E-state index in [1.807, 2.05) is 24.3 Å². The van der Waals surface area contributed by atoms with E-state index < -0.39 is 11.9 Å². The molecule has 1 aromatic carbocycles. The van der Waals surface area contributed by atoms with Gasteiger partial charge in [-0.2, -0.15) is 0 Å². The van der Waals surface area contributed by atoms with Gasteiger partial charge in [-0.05, 0) is 24.1 Å². The van der Waals surface area contributed by atoms with Crippen molar-refractivity contribution in [1.82, 2.24) is 10.2 Å². The number of nitrogens with one attached hydrogen (secondary N) is 1. The largest absolute Gasteiger partial charge is 0.497 e. The average molecular weight is 278 g/mol. The SMILES string of the molecule is COc1ccc(CNC(=O)N2CCC(C(=O)O)C2)cc1. The number of urea groups is 1. The van der Waals surface area contributed by atoms with Crippen molar-refractivity contribution in [1.29, 1.82) is 0 Å². The van der Waals surface area contributed by atoms with Crippen LogP contribution in [0.25, 0.3) is 0 Å². The number of ether oxygens (including phenoxy) is 1. The molecule has 1 fully saturated rings. The van der Waals surface area contributed by atoms with Crippen molar-refractivity contribution in [3.05, 3.63) is 29.8 Å². The molecular formula is C14H18N2O4. The number of carbonyl (C=O) groups is 2. The molecule has 0 aromatic heterocycles. The van der Waals surface area contributed by atoms with E-state index in [4.69, 9.17) is 9.84 Å². The lowest BCUT2D eigenvalue weighted by molar-refractivity contribution is -0.141. The summed E-state index contributed by atoms with van der Waals surface area (Å²) >= 11 is 0. The highest BCUT2D eigenvalue weighted by molar-refractivity contribution is 5.77. The summed E-state index contributed by atoms with van der Waals surface area (Å²) in [5.74, 6) is -0.513. The molecule has 0 radical (unpaired) electrons. The van der Waals surface area contributed by atoms with Crippen LogP contribution in [0.15, 0.2) is 24.3 Å². The fraction of sp³-hybridized carbons (Fsp3) is 0.429. The van der Waals surface area contributed by atoms with Crippen LogP contribution in [-0.2, 0) is 11.3 Å². The number of carbonyl (C=O) groups excluding carboxylic acids is 1. The third kappa shape index (κ3) is 3.40. The Kier molecular flexibility index (Phi) is 4.45. The van der Waals surface area contributed by atoms with E-state index in [0.717, 1.165) is 11.3 Å². The number of carboxylic acid groups (broad SMARTS) is 1. The quantitative estimate of drug-likeness (QED) is 0.870. The number of amides is 2. The highest BCUT2D eigenvalue weighted by Gasteiger charge is 2.30. The maximum atomic E-state index is 11.9. The molecule has 1 aliphatic heterocycles. The Hall–Kier alpha value is -2.24. The molecule has 6 nitrogen and oxygen atoms in total. The summed E-state index contributed by atoms with van der Waals surface area (Å²) in [6, 6.07) is 7.20. The number of nitrogens with zero attached hydrogens (tertiary/aromatic N) is 1. The highest BCUT2D eigenvalue weighted by Crippen LogP contribution is 2.16. The fourth-order valence-electron chi connectivity index (χ4n) is 2.18. The van der Waals surface area contributed by atoms with Gasteiger partial charge in [-0.25, -0.2) is 4.79 Å². The summed E-state index contributed by atoms with van der Waals surface area (Å²) in [6.45, 7) is 1.19. The van der Waals surface area contributed by atoms with Gasteiger partial charge in [-0.1, -0.05) is 12.1 Å². The second-order valence-corrected chi connectivity index (χ2v) is 4.78. The molecule has 1 aliphatic rings. The molecule has 0 aliphatic carbocycles. The van der Waals surface area contributed by atoms with Gasteiger partial charge in [-0.15, -0.1) is 0 Å². The topological polar surface area (TPSA) is 78.9 Å². The van der Waals surface area contributed by atoms with Crippen LogP contribution < -0.4 is 10.1 Å². The maximum Gasteiger partial charge on any atom is 0.317 e. The first-order valence-corrected chi connectivity index (χ1v) is 6.48. The zero-order valence-corrected chi connectivity index (χ0v) is 11.3. The van der Waals surface area contributed by atoms with Gasteiger partial charge in [0.25, 0.3) is 0 Å². The summed E-state index contributed by atoms with van der Waals surface area (Å²) in [4.78, 5) is 24.3. The minimum atomic E-state index is -0.838. The first-order chi connectivity index (χ1) is 9.60. The lowest BCUT2D eigenvalue weighted by Crippen LogP contribution is -2.38. The van der Waals surface area contributed by atoms with E-state index in [9.17, 15) is 9.59 Å². The van der Waals surface area contributed by atoms with E-state index in [0.29, 0.717) is 19.5 Å². The van der Waals surface area contributed by atoms with Crippen LogP contribution in [0.5, 0.6) is 5.75 Å². The average Bonchev–Trinajstić information content (AvgIpc) is 2.95. The van der Waals surface area contributed by atoms with Crippen molar-refractivity contribution >= 4 is 12.0 Å². The molecule has 6 heteroatoms. The van der Waals surface area contributed by atoms with Gasteiger partial charge in [0.15, 0.2) is 0 Å². The molecule has 0 spiro atoms. The van der Waals surface area contributed by atoms with Crippen molar-refractivity contribution in [2.24, 2.45) is 5.92 Å².